The molecule has 0 atom stereocenters. The van der Waals surface area contributed by atoms with Crippen LogP contribution in [0, 0.1) is 0 Å². The molecule has 0 aliphatic rings. The Morgan fingerprint density at radius 2 is 2.00 bits per heavy atom. The van der Waals surface area contributed by atoms with Crippen molar-refractivity contribution in [3.63, 3.8) is 0 Å². The van der Waals surface area contributed by atoms with E-state index in [4.69, 9.17) is 23.2 Å². The molecular formula is C12H9BrCl2N2O. The fourth-order valence-corrected chi connectivity index (χ4v) is 2.38. The molecule has 3 nitrogen and oxygen atoms in total. The lowest BCUT2D eigenvalue weighted by Crippen LogP contribution is -2.01. The molecule has 0 spiro atoms. The van der Waals surface area contributed by atoms with Crippen LogP contribution >= 0.6 is 39.1 Å². The molecule has 94 valence electrons. The van der Waals surface area contributed by atoms with Gasteiger partial charge in [0.15, 0.2) is 0 Å². The maximum Gasteiger partial charge on any atom is 0.123 e. The van der Waals surface area contributed by atoms with Gasteiger partial charge in [0, 0.05) is 27.8 Å². The lowest BCUT2D eigenvalue weighted by Gasteiger charge is -2.10. The first-order valence-corrected chi connectivity index (χ1v) is 6.62. The van der Waals surface area contributed by atoms with Crippen molar-refractivity contribution in [3.8, 4) is 5.75 Å². The third kappa shape index (κ3) is 3.28. The number of nitrogens with one attached hydrogen (secondary N) is 1. The molecule has 1 aromatic heterocycles. The molecule has 1 heterocycles. The smallest absolute Gasteiger partial charge is 0.123 e. The number of pyridine rings is 1. The summed E-state index contributed by atoms with van der Waals surface area (Å²) in [6, 6.07) is 4.94. The summed E-state index contributed by atoms with van der Waals surface area (Å²) < 4.78 is 0.874. The highest BCUT2D eigenvalue weighted by molar-refractivity contribution is 9.10. The van der Waals surface area contributed by atoms with Crippen LogP contribution in [-0.2, 0) is 6.54 Å². The number of nitrogens with zero attached hydrogens (tertiary/aromatic N) is 1. The SMILES string of the molecule is Oc1cc(Cl)cc(Cl)c1CNc1cncc(Br)c1. The van der Waals surface area contributed by atoms with Gasteiger partial charge in [-0.1, -0.05) is 23.2 Å². The lowest BCUT2D eigenvalue weighted by atomic mass is 10.2. The van der Waals surface area contributed by atoms with Gasteiger partial charge in [0.25, 0.3) is 0 Å². The Hall–Kier alpha value is -0.970. The Morgan fingerprint density at radius 3 is 2.67 bits per heavy atom. The zero-order chi connectivity index (χ0) is 13.1. The number of rotatable bonds is 3. The summed E-state index contributed by atoms with van der Waals surface area (Å²) in [5.74, 6) is 0.0722. The standard InChI is InChI=1S/C12H9BrCl2N2O/c13-7-1-9(5-16-4-7)17-6-10-11(15)2-8(14)3-12(10)18/h1-5,17-18H,6H2. The van der Waals surface area contributed by atoms with Crippen molar-refractivity contribution < 1.29 is 5.11 Å². The van der Waals surface area contributed by atoms with Crippen LogP contribution in [0.4, 0.5) is 5.69 Å². The number of phenolic OH excluding ortho intramolecular Hbond substituents is 1. The number of halogens is 3. The largest absolute Gasteiger partial charge is 0.507 e. The highest BCUT2D eigenvalue weighted by Gasteiger charge is 2.08. The third-order valence-electron chi connectivity index (χ3n) is 2.31. The van der Waals surface area contributed by atoms with Crippen LogP contribution in [0.3, 0.4) is 0 Å². The summed E-state index contributed by atoms with van der Waals surface area (Å²) in [5.41, 5.74) is 1.43. The number of hydrogen-bond donors (Lipinski definition) is 2. The van der Waals surface area contributed by atoms with Crippen LogP contribution in [0.5, 0.6) is 5.75 Å². The molecular weight excluding hydrogens is 339 g/mol. The fraction of sp³-hybridized carbons (Fsp3) is 0.0833. The minimum absolute atomic E-state index is 0.0722. The van der Waals surface area contributed by atoms with E-state index in [1.165, 1.54) is 6.07 Å². The van der Waals surface area contributed by atoms with Gasteiger partial charge in [-0.2, -0.15) is 0 Å². The van der Waals surface area contributed by atoms with Crippen molar-refractivity contribution in [2.75, 3.05) is 5.32 Å². The third-order valence-corrected chi connectivity index (χ3v) is 3.30. The van der Waals surface area contributed by atoms with Gasteiger partial charge in [-0.05, 0) is 34.1 Å². The van der Waals surface area contributed by atoms with Crippen molar-refractivity contribution in [1.82, 2.24) is 4.98 Å². The Morgan fingerprint density at radius 1 is 1.22 bits per heavy atom. The molecule has 0 aliphatic carbocycles. The van der Waals surface area contributed by atoms with E-state index in [0.717, 1.165) is 10.2 Å². The molecule has 0 saturated carbocycles. The van der Waals surface area contributed by atoms with Gasteiger partial charge in [0.05, 0.1) is 16.9 Å². The molecule has 2 aromatic rings. The van der Waals surface area contributed by atoms with Gasteiger partial charge in [-0.3, -0.25) is 4.98 Å². The van der Waals surface area contributed by atoms with Gasteiger partial charge in [-0.15, -0.1) is 0 Å². The van der Waals surface area contributed by atoms with Crippen molar-refractivity contribution in [2.24, 2.45) is 0 Å². The fourth-order valence-electron chi connectivity index (χ4n) is 1.46. The Labute approximate surface area is 123 Å². The number of benzene rings is 1. The van der Waals surface area contributed by atoms with E-state index in [1.807, 2.05) is 6.07 Å². The summed E-state index contributed by atoms with van der Waals surface area (Å²) >= 11 is 15.1. The topological polar surface area (TPSA) is 45.1 Å². The maximum atomic E-state index is 9.77. The monoisotopic (exact) mass is 346 g/mol. The van der Waals surface area contributed by atoms with Crippen LogP contribution in [0.2, 0.25) is 10.0 Å². The highest BCUT2D eigenvalue weighted by Crippen LogP contribution is 2.30. The van der Waals surface area contributed by atoms with Gasteiger partial charge in [0.2, 0.25) is 0 Å². The average Bonchev–Trinajstić information content (AvgIpc) is 2.27. The number of hydrogen-bond acceptors (Lipinski definition) is 3. The summed E-state index contributed by atoms with van der Waals surface area (Å²) in [6.07, 6.45) is 3.38. The van der Waals surface area contributed by atoms with Crippen molar-refractivity contribution in [2.45, 2.75) is 6.54 Å². The predicted octanol–water partition coefficient (Wildman–Crippen LogP) is 4.47. The molecule has 0 fully saturated rings. The van der Waals surface area contributed by atoms with Crippen LogP contribution in [-0.4, -0.2) is 10.1 Å². The molecule has 2 rings (SSSR count). The number of aromatic hydroxyl groups is 1. The molecule has 0 radical (unpaired) electrons. The first kappa shape index (κ1) is 13.5. The van der Waals surface area contributed by atoms with Crippen LogP contribution in [0.1, 0.15) is 5.56 Å². The van der Waals surface area contributed by atoms with Crippen molar-refractivity contribution >= 4 is 44.8 Å². The minimum Gasteiger partial charge on any atom is -0.507 e. The Balaban J connectivity index is 2.16. The second kappa shape index (κ2) is 5.78. The van der Waals surface area contributed by atoms with Gasteiger partial charge in [-0.25, -0.2) is 0 Å². The van der Waals surface area contributed by atoms with Gasteiger partial charge in [0.1, 0.15) is 5.75 Å². The first-order chi connectivity index (χ1) is 8.56. The van der Waals surface area contributed by atoms with E-state index in [0.29, 0.717) is 22.2 Å². The van der Waals surface area contributed by atoms with Gasteiger partial charge >= 0.3 is 0 Å². The summed E-state index contributed by atoms with van der Waals surface area (Å²) in [6.45, 7) is 0.389. The molecule has 1 aromatic carbocycles. The van der Waals surface area contributed by atoms with Crippen molar-refractivity contribution in [1.29, 1.82) is 0 Å². The van der Waals surface area contributed by atoms with E-state index in [2.05, 4.69) is 26.2 Å². The molecule has 0 aliphatic heterocycles. The van der Waals surface area contributed by atoms with E-state index in [-0.39, 0.29) is 5.75 Å². The van der Waals surface area contributed by atoms with E-state index >= 15 is 0 Å². The quantitative estimate of drug-likeness (QED) is 0.861. The average molecular weight is 348 g/mol. The van der Waals surface area contributed by atoms with Gasteiger partial charge < -0.3 is 10.4 Å². The Kier molecular flexibility index (Phi) is 4.32. The minimum atomic E-state index is 0.0722. The second-order valence-electron chi connectivity index (χ2n) is 3.63. The van der Waals surface area contributed by atoms with Crippen molar-refractivity contribution in [3.05, 3.63) is 50.7 Å². The summed E-state index contributed by atoms with van der Waals surface area (Å²) in [7, 11) is 0. The molecule has 0 unspecified atom stereocenters. The van der Waals surface area contributed by atoms with Crippen LogP contribution in [0.15, 0.2) is 35.1 Å². The predicted molar refractivity (Wildman–Crippen MR) is 77.4 cm³/mol. The van der Waals surface area contributed by atoms with E-state index in [1.54, 1.807) is 18.5 Å². The number of phenols is 1. The first-order valence-electron chi connectivity index (χ1n) is 5.07. The maximum absolute atomic E-state index is 9.77. The highest BCUT2D eigenvalue weighted by atomic mass is 79.9. The summed E-state index contributed by atoms with van der Waals surface area (Å²) in [4.78, 5) is 4.03. The van der Waals surface area contributed by atoms with E-state index < -0.39 is 0 Å². The molecule has 0 bridgehead atoms. The van der Waals surface area contributed by atoms with Crippen LogP contribution in [0.25, 0.3) is 0 Å². The lowest BCUT2D eigenvalue weighted by molar-refractivity contribution is 0.469. The zero-order valence-electron chi connectivity index (χ0n) is 9.12. The number of anilines is 1. The molecule has 0 amide bonds. The zero-order valence-corrected chi connectivity index (χ0v) is 12.2. The number of aromatic nitrogens is 1. The molecule has 18 heavy (non-hydrogen) atoms. The van der Waals surface area contributed by atoms with E-state index in [9.17, 15) is 5.11 Å². The second-order valence-corrected chi connectivity index (χ2v) is 5.39. The Bertz CT molecular complexity index is 555. The molecule has 2 N–H and O–H groups in total. The normalized spacial score (nSPS) is 10.4. The molecule has 6 heteroatoms. The van der Waals surface area contributed by atoms with Crippen LogP contribution < -0.4 is 5.32 Å². The molecule has 0 saturated heterocycles. The summed E-state index contributed by atoms with van der Waals surface area (Å²) in [5, 5.41) is 13.7.